The summed E-state index contributed by atoms with van der Waals surface area (Å²) < 4.78 is 11.1. The predicted molar refractivity (Wildman–Crippen MR) is 90.4 cm³/mol. The van der Waals surface area contributed by atoms with Crippen LogP contribution in [0.1, 0.15) is 15.9 Å². The van der Waals surface area contributed by atoms with E-state index in [1.54, 1.807) is 24.3 Å². The molecular formula is C16H15BrN2O4. The second-order valence-corrected chi connectivity index (χ2v) is 5.36. The highest BCUT2D eigenvalue weighted by Crippen LogP contribution is 2.29. The predicted octanol–water partition coefficient (Wildman–Crippen LogP) is 2.94. The number of carbonyl (C=O) groups excluding carboxylic acids is 1. The molecule has 0 spiro atoms. The zero-order valence-electron chi connectivity index (χ0n) is 12.5. The number of hydrogen-bond donors (Lipinski definition) is 2. The Morgan fingerprint density at radius 2 is 2.04 bits per heavy atom. The van der Waals surface area contributed by atoms with Crippen LogP contribution in [0.2, 0.25) is 0 Å². The first-order valence-electron chi connectivity index (χ1n) is 6.59. The number of phenolic OH excluding ortho intramolecular Hbond substituents is 1. The first kappa shape index (κ1) is 16.8. The van der Waals surface area contributed by atoms with Crippen LogP contribution in [0.4, 0.5) is 0 Å². The number of amides is 1. The molecule has 0 bridgehead atoms. The Morgan fingerprint density at radius 3 is 2.74 bits per heavy atom. The third-order valence-electron chi connectivity index (χ3n) is 3.01. The van der Waals surface area contributed by atoms with Gasteiger partial charge in [-0.1, -0.05) is 22.0 Å². The number of carbonyl (C=O) groups is 1. The molecule has 0 saturated carbocycles. The van der Waals surface area contributed by atoms with Crippen LogP contribution in [0.25, 0.3) is 0 Å². The van der Waals surface area contributed by atoms with E-state index in [2.05, 4.69) is 26.5 Å². The molecule has 2 aromatic carbocycles. The van der Waals surface area contributed by atoms with Crippen molar-refractivity contribution >= 4 is 28.1 Å². The Kier molecular flexibility index (Phi) is 5.59. The number of halogens is 1. The molecule has 0 fully saturated rings. The summed E-state index contributed by atoms with van der Waals surface area (Å²) in [6, 6.07) is 9.88. The molecule has 0 aliphatic heterocycles. The number of ether oxygens (including phenoxy) is 2. The monoisotopic (exact) mass is 378 g/mol. The van der Waals surface area contributed by atoms with E-state index >= 15 is 0 Å². The van der Waals surface area contributed by atoms with Crippen molar-refractivity contribution in [3.05, 3.63) is 52.0 Å². The van der Waals surface area contributed by atoms with Gasteiger partial charge in [0.25, 0.3) is 5.91 Å². The van der Waals surface area contributed by atoms with Crippen LogP contribution in [0.5, 0.6) is 17.2 Å². The summed E-state index contributed by atoms with van der Waals surface area (Å²) in [5.41, 5.74) is 3.12. The molecule has 0 saturated heterocycles. The minimum absolute atomic E-state index is 0.120. The molecule has 2 N–H and O–H groups in total. The lowest BCUT2D eigenvalue weighted by Gasteiger charge is -2.09. The van der Waals surface area contributed by atoms with Crippen molar-refractivity contribution in [3.63, 3.8) is 0 Å². The highest BCUT2D eigenvalue weighted by molar-refractivity contribution is 9.10. The number of para-hydroxylation sites is 1. The van der Waals surface area contributed by atoms with Gasteiger partial charge in [-0.2, -0.15) is 5.10 Å². The standard InChI is InChI=1S/C16H15BrN2O4/c1-22-14-5-3-4-10(15(14)23-2)9-18-19-16(21)12-8-11(17)6-7-13(12)20/h3-9,20H,1-2H3,(H,19,21)/b18-9-. The number of hydrazone groups is 1. The molecule has 7 heteroatoms. The van der Waals surface area contributed by atoms with Crippen LogP contribution in [-0.2, 0) is 0 Å². The second-order valence-electron chi connectivity index (χ2n) is 4.44. The van der Waals surface area contributed by atoms with Crippen LogP contribution < -0.4 is 14.9 Å². The van der Waals surface area contributed by atoms with Crippen molar-refractivity contribution in [1.82, 2.24) is 5.43 Å². The normalized spacial score (nSPS) is 10.6. The SMILES string of the molecule is COc1cccc(/C=N\NC(=O)c2cc(Br)ccc2O)c1OC. The second kappa shape index (κ2) is 7.64. The number of aromatic hydroxyl groups is 1. The van der Waals surface area contributed by atoms with E-state index < -0.39 is 5.91 Å². The molecule has 120 valence electrons. The number of nitrogens with zero attached hydrogens (tertiary/aromatic N) is 1. The van der Waals surface area contributed by atoms with Crippen LogP contribution in [0, 0.1) is 0 Å². The molecule has 0 aliphatic carbocycles. The van der Waals surface area contributed by atoms with Crippen molar-refractivity contribution in [2.45, 2.75) is 0 Å². The highest BCUT2D eigenvalue weighted by atomic mass is 79.9. The molecule has 0 radical (unpaired) electrons. The summed E-state index contributed by atoms with van der Waals surface area (Å²) >= 11 is 3.24. The molecule has 2 rings (SSSR count). The summed E-state index contributed by atoms with van der Waals surface area (Å²) in [4.78, 5) is 12.0. The lowest BCUT2D eigenvalue weighted by atomic mass is 10.2. The summed E-state index contributed by atoms with van der Waals surface area (Å²) in [6.45, 7) is 0. The minimum Gasteiger partial charge on any atom is -0.507 e. The van der Waals surface area contributed by atoms with Gasteiger partial charge in [0.15, 0.2) is 11.5 Å². The maximum Gasteiger partial charge on any atom is 0.275 e. The van der Waals surface area contributed by atoms with Gasteiger partial charge < -0.3 is 14.6 Å². The Hall–Kier alpha value is -2.54. The Labute approximate surface area is 141 Å². The maximum atomic E-state index is 12.0. The molecule has 0 atom stereocenters. The van der Waals surface area contributed by atoms with E-state index in [0.717, 1.165) is 0 Å². The third kappa shape index (κ3) is 4.01. The average molecular weight is 379 g/mol. The third-order valence-corrected chi connectivity index (χ3v) is 3.50. The quantitative estimate of drug-likeness (QED) is 0.619. The van der Waals surface area contributed by atoms with Gasteiger partial charge in [0, 0.05) is 10.0 Å². The first-order valence-corrected chi connectivity index (χ1v) is 7.39. The molecule has 23 heavy (non-hydrogen) atoms. The Bertz CT molecular complexity index is 747. The van der Waals surface area contributed by atoms with Gasteiger partial charge in [-0.15, -0.1) is 0 Å². The number of benzene rings is 2. The van der Waals surface area contributed by atoms with Gasteiger partial charge in [-0.05, 0) is 30.3 Å². The average Bonchev–Trinajstić information content (AvgIpc) is 2.56. The number of nitrogens with one attached hydrogen (secondary N) is 1. The van der Waals surface area contributed by atoms with Crippen molar-refractivity contribution in [2.24, 2.45) is 5.10 Å². The highest BCUT2D eigenvalue weighted by Gasteiger charge is 2.11. The summed E-state index contributed by atoms with van der Waals surface area (Å²) in [5.74, 6) is 0.424. The van der Waals surface area contributed by atoms with E-state index in [-0.39, 0.29) is 11.3 Å². The Balaban J connectivity index is 2.16. The van der Waals surface area contributed by atoms with Gasteiger partial charge in [0.2, 0.25) is 0 Å². The molecule has 2 aromatic rings. The maximum absolute atomic E-state index is 12.0. The molecular weight excluding hydrogens is 364 g/mol. The van der Waals surface area contributed by atoms with Gasteiger partial charge in [-0.25, -0.2) is 5.43 Å². The van der Waals surface area contributed by atoms with Crippen LogP contribution >= 0.6 is 15.9 Å². The summed E-state index contributed by atoms with van der Waals surface area (Å²) in [6.07, 6.45) is 1.44. The lowest BCUT2D eigenvalue weighted by molar-refractivity contribution is 0.0952. The number of phenols is 1. The van der Waals surface area contributed by atoms with E-state index in [0.29, 0.717) is 21.5 Å². The zero-order chi connectivity index (χ0) is 16.8. The largest absolute Gasteiger partial charge is 0.507 e. The minimum atomic E-state index is -0.526. The van der Waals surface area contributed by atoms with Crippen molar-refractivity contribution in [1.29, 1.82) is 0 Å². The first-order chi connectivity index (χ1) is 11.1. The molecule has 1 amide bonds. The topological polar surface area (TPSA) is 80.2 Å². The number of hydrogen-bond acceptors (Lipinski definition) is 5. The molecule has 6 nitrogen and oxygen atoms in total. The molecule has 0 unspecified atom stereocenters. The van der Waals surface area contributed by atoms with Crippen molar-refractivity contribution in [2.75, 3.05) is 14.2 Å². The molecule has 0 heterocycles. The number of rotatable bonds is 5. The van der Waals surface area contributed by atoms with E-state index in [1.807, 2.05) is 0 Å². The fraction of sp³-hybridized carbons (Fsp3) is 0.125. The fourth-order valence-corrected chi connectivity index (χ4v) is 2.29. The van der Waals surface area contributed by atoms with Gasteiger partial charge in [0.05, 0.1) is 26.0 Å². The fourth-order valence-electron chi connectivity index (χ4n) is 1.92. The summed E-state index contributed by atoms with van der Waals surface area (Å²) in [7, 11) is 3.06. The van der Waals surface area contributed by atoms with Gasteiger partial charge in [0.1, 0.15) is 5.75 Å². The Morgan fingerprint density at radius 1 is 1.26 bits per heavy atom. The number of methoxy groups -OCH3 is 2. The molecule has 0 aliphatic rings. The smallest absolute Gasteiger partial charge is 0.275 e. The van der Waals surface area contributed by atoms with Crippen LogP contribution in [0.15, 0.2) is 46.0 Å². The van der Waals surface area contributed by atoms with Crippen LogP contribution in [-0.4, -0.2) is 31.4 Å². The lowest BCUT2D eigenvalue weighted by Crippen LogP contribution is -2.17. The summed E-state index contributed by atoms with van der Waals surface area (Å²) in [5, 5.41) is 13.6. The molecule has 0 aromatic heterocycles. The van der Waals surface area contributed by atoms with E-state index in [1.165, 1.54) is 32.6 Å². The van der Waals surface area contributed by atoms with E-state index in [9.17, 15) is 9.90 Å². The van der Waals surface area contributed by atoms with Crippen LogP contribution in [0.3, 0.4) is 0 Å². The van der Waals surface area contributed by atoms with Gasteiger partial charge in [-0.3, -0.25) is 4.79 Å². The van der Waals surface area contributed by atoms with Gasteiger partial charge >= 0.3 is 0 Å². The van der Waals surface area contributed by atoms with Crippen molar-refractivity contribution in [3.8, 4) is 17.2 Å². The van der Waals surface area contributed by atoms with E-state index in [4.69, 9.17) is 9.47 Å². The zero-order valence-corrected chi connectivity index (χ0v) is 14.1. The van der Waals surface area contributed by atoms with Crippen molar-refractivity contribution < 1.29 is 19.4 Å².